The standard InChI is InChI=1S/C30H33F3N2O4/c1-17-11-21(39-10-9-29(3,4)38)12-18(2)27(17)24-13-19(5-7-25(24)30(31,32)33)15-34-20-6-8-26(35-16-20)22-14-23(22)28(36)37/h5-8,11-13,16,22-23,34,38H,9-10,14-15H2,1-4H3,(H,36,37)/t22?,23-/m1/s1. The summed E-state index contributed by atoms with van der Waals surface area (Å²) in [6.07, 6.45) is -1.92. The number of aliphatic hydroxyl groups is 1. The molecule has 0 bridgehead atoms. The predicted molar refractivity (Wildman–Crippen MR) is 143 cm³/mol. The molecule has 3 aromatic rings. The number of carboxylic acids is 1. The Balaban J connectivity index is 1.54. The molecule has 1 aliphatic rings. The van der Waals surface area contributed by atoms with Crippen LogP contribution >= 0.6 is 0 Å². The van der Waals surface area contributed by atoms with E-state index in [1.165, 1.54) is 6.07 Å². The van der Waals surface area contributed by atoms with Gasteiger partial charge in [-0.2, -0.15) is 13.2 Å². The number of aryl methyl sites for hydroxylation is 2. The molecule has 0 amide bonds. The van der Waals surface area contributed by atoms with Gasteiger partial charge in [0.2, 0.25) is 0 Å². The van der Waals surface area contributed by atoms with Crippen LogP contribution in [0.2, 0.25) is 0 Å². The van der Waals surface area contributed by atoms with E-state index in [0.717, 1.165) is 11.8 Å². The number of nitrogens with zero attached hydrogens (tertiary/aromatic N) is 1. The minimum absolute atomic E-state index is 0.0705. The lowest BCUT2D eigenvalue weighted by Gasteiger charge is -2.20. The lowest BCUT2D eigenvalue weighted by Crippen LogP contribution is -2.21. The van der Waals surface area contributed by atoms with Crippen molar-refractivity contribution in [3.05, 3.63) is 76.6 Å². The van der Waals surface area contributed by atoms with Gasteiger partial charge in [0.1, 0.15) is 5.75 Å². The molecule has 39 heavy (non-hydrogen) atoms. The van der Waals surface area contributed by atoms with Gasteiger partial charge in [-0.15, -0.1) is 0 Å². The first-order valence-electron chi connectivity index (χ1n) is 12.8. The number of aliphatic carboxylic acids is 1. The Bertz CT molecular complexity index is 1320. The van der Waals surface area contributed by atoms with Gasteiger partial charge < -0.3 is 20.3 Å². The van der Waals surface area contributed by atoms with Crippen LogP contribution in [0.1, 0.15) is 60.6 Å². The van der Waals surface area contributed by atoms with E-state index in [2.05, 4.69) is 10.3 Å². The van der Waals surface area contributed by atoms with Gasteiger partial charge in [-0.05, 0) is 98.3 Å². The van der Waals surface area contributed by atoms with Gasteiger partial charge in [0, 0.05) is 24.6 Å². The summed E-state index contributed by atoms with van der Waals surface area (Å²) < 4.78 is 47.8. The molecule has 0 radical (unpaired) electrons. The highest BCUT2D eigenvalue weighted by Crippen LogP contribution is 2.47. The number of carbonyl (C=O) groups is 1. The first-order chi connectivity index (χ1) is 18.2. The molecule has 1 heterocycles. The van der Waals surface area contributed by atoms with Crippen molar-refractivity contribution in [1.82, 2.24) is 4.98 Å². The lowest BCUT2D eigenvalue weighted by atomic mass is 9.90. The number of carboxylic acid groups (broad SMARTS) is 1. The molecule has 6 nitrogen and oxygen atoms in total. The molecule has 9 heteroatoms. The summed E-state index contributed by atoms with van der Waals surface area (Å²) in [4.78, 5) is 15.5. The molecule has 1 fully saturated rings. The van der Waals surface area contributed by atoms with Gasteiger partial charge in [0.25, 0.3) is 0 Å². The smallest absolute Gasteiger partial charge is 0.417 e. The number of anilines is 1. The highest BCUT2D eigenvalue weighted by atomic mass is 19.4. The van der Waals surface area contributed by atoms with Crippen molar-refractivity contribution in [2.75, 3.05) is 11.9 Å². The van der Waals surface area contributed by atoms with E-state index >= 15 is 0 Å². The Morgan fingerprint density at radius 3 is 2.33 bits per heavy atom. The van der Waals surface area contributed by atoms with Gasteiger partial charge in [-0.3, -0.25) is 9.78 Å². The summed E-state index contributed by atoms with van der Waals surface area (Å²) in [6.45, 7) is 7.46. The summed E-state index contributed by atoms with van der Waals surface area (Å²) in [6, 6.07) is 11.2. The van der Waals surface area contributed by atoms with Crippen LogP contribution in [-0.2, 0) is 17.5 Å². The average Bonchev–Trinajstić information content (AvgIpc) is 3.63. The number of aromatic nitrogens is 1. The molecular weight excluding hydrogens is 509 g/mol. The molecule has 0 aliphatic heterocycles. The number of hydrogen-bond donors (Lipinski definition) is 3. The van der Waals surface area contributed by atoms with E-state index in [9.17, 15) is 23.1 Å². The SMILES string of the molecule is Cc1cc(OCCC(C)(C)O)cc(C)c1-c1cc(CNc2ccc(C3C[C@H]3C(=O)O)nc2)ccc1C(F)(F)F. The summed E-state index contributed by atoms with van der Waals surface area (Å²) in [5.41, 5.74) is 2.40. The van der Waals surface area contributed by atoms with Gasteiger partial charge >= 0.3 is 12.1 Å². The third-order valence-electron chi connectivity index (χ3n) is 6.92. The zero-order valence-electron chi connectivity index (χ0n) is 22.4. The van der Waals surface area contributed by atoms with Crippen molar-refractivity contribution in [2.45, 2.75) is 64.8 Å². The molecule has 0 spiro atoms. The van der Waals surface area contributed by atoms with Gasteiger partial charge in [0.15, 0.2) is 0 Å². The molecule has 1 saturated carbocycles. The van der Waals surface area contributed by atoms with Crippen LogP contribution in [0.5, 0.6) is 5.75 Å². The second kappa shape index (κ2) is 10.9. The monoisotopic (exact) mass is 542 g/mol. The van der Waals surface area contributed by atoms with Crippen LogP contribution in [0.4, 0.5) is 18.9 Å². The normalized spacial score (nSPS) is 17.1. The molecule has 1 aromatic heterocycles. The Morgan fingerprint density at radius 1 is 1.10 bits per heavy atom. The fraction of sp³-hybridized carbons (Fsp3) is 0.400. The first kappa shape index (κ1) is 28.4. The van der Waals surface area contributed by atoms with Gasteiger partial charge in [-0.1, -0.05) is 6.07 Å². The predicted octanol–water partition coefficient (Wildman–Crippen LogP) is 6.72. The highest BCUT2D eigenvalue weighted by Gasteiger charge is 2.45. The van der Waals surface area contributed by atoms with Crippen molar-refractivity contribution in [3.8, 4) is 16.9 Å². The van der Waals surface area contributed by atoms with E-state index in [0.29, 0.717) is 46.5 Å². The quantitative estimate of drug-likeness (QED) is 0.263. The van der Waals surface area contributed by atoms with Crippen LogP contribution in [0.3, 0.4) is 0 Å². The minimum Gasteiger partial charge on any atom is -0.493 e. The maximum Gasteiger partial charge on any atom is 0.417 e. The maximum absolute atomic E-state index is 14.0. The number of ether oxygens (including phenoxy) is 1. The van der Waals surface area contributed by atoms with E-state index < -0.39 is 23.3 Å². The van der Waals surface area contributed by atoms with Crippen molar-refractivity contribution >= 4 is 11.7 Å². The number of nitrogens with one attached hydrogen (secondary N) is 1. The summed E-state index contributed by atoms with van der Waals surface area (Å²) in [7, 11) is 0. The van der Waals surface area contributed by atoms with Gasteiger partial charge in [-0.25, -0.2) is 0 Å². The Labute approximate surface area is 225 Å². The third-order valence-corrected chi connectivity index (χ3v) is 6.92. The molecule has 3 N–H and O–H groups in total. The Kier molecular flexibility index (Phi) is 7.93. The van der Waals surface area contributed by atoms with E-state index in [4.69, 9.17) is 9.84 Å². The summed E-state index contributed by atoms with van der Waals surface area (Å²) >= 11 is 0. The Morgan fingerprint density at radius 2 is 1.79 bits per heavy atom. The van der Waals surface area contributed by atoms with Crippen LogP contribution in [0, 0.1) is 19.8 Å². The lowest BCUT2D eigenvalue weighted by molar-refractivity contribution is -0.139. The molecule has 1 unspecified atom stereocenters. The first-order valence-corrected chi connectivity index (χ1v) is 12.8. The number of halogens is 3. The van der Waals surface area contributed by atoms with Crippen molar-refractivity contribution in [1.29, 1.82) is 0 Å². The summed E-state index contributed by atoms with van der Waals surface area (Å²) in [5.74, 6) is -0.734. The third kappa shape index (κ3) is 7.09. The molecule has 208 valence electrons. The zero-order valence-corrected chi connectivity index (χ0v) is 22.4. The molecule has 1 aliphatic carbocycles. The minimum atomic E-state index is -4.53. The number of benzene rings is 2. The second-order valence-corrected chi connectivity index (χ2v) is 10.8. The maximum atomic E-state index is 14.0. The average molecular weight is 543 g/mol. The summed E-state index contributed by atoms with van der Waals surface area (Å²) in [5, 5.41) is 22.2. The molecular formula is C30H33F3N2O4. The number of alkyl halides is 3. The fourth-order valence-corrected chi connectivity index (χ4v) is 4.73. The fourth-order valence-electron chi connectivity index (χ4n) is 4.73. The Hall–Kier alpha value is -3.59. The molecule has 2 aromatic carbocycles. The topological polar surface area (TPSA) is 91.7 Å². The molecule has 0 saturated heterocycles. The van der Waals surface area contributed by atoms with Gasteiger partial charge in [0.05, 0.1) is 35.6 Å². The van der Waals surface area contributed by atoms with Crippen LogP contribution < -0.4 is 10.1 Å². The largest absolute Gasteiger partial charge is 0.493 e. The van der Waals surface area contributed by atoms with E-state index in [1.807, 2.05) is 0 Å². The van der Waals surface area contributed by atoms with Crippen LogP contribution in [-0.4, -0.2) is 33.4 Å². The highest BCUT2D eigenvalue weighted by molar-refractivity contribution is 5.76. The number of hydrogen-bond acceptors (Lipinski definition) is 5. The van der Waals surface area contributed by atoms with Crippen molar-refractivity contribution in [2.24, 2.45) is 5.92 Å². The number of pyridine rings is 1. The zero-order chi connectivity index (χ0) is 28.5. The molecule has 2 atom stereocenters. The number of rotatable bonds is 10. The second-order valence-electron chi connectivity index (χ2n) is 10.8. The van der Waals surface area contributed by atoms with Crippen molar-refractivity contribution < 1.29 is 32.9 Å². The van der Waals surface area contributed by atoms with Crippen LogP contribution in [0.15, 0.2) is 48.7 Å². The molecule has 4 rings (SSSR count). The van der Waals surface area contributed by atoms with Crippen molar-refractivity contribution in [3.63, 3.8) is 0 Å². The van der Waals surface area contributed by atoms with E-state index in [-0.39, 0.29) is 30.6 Å². The van der Waals surface area contributed by atoms with E-state index in [1.54, 1.807) is 64.2 Å². The van der Waals surface area contributed by atoms with Crippen LogP contribution in [0.25, 0.3) is 11.1 Å².